The standard InChI is InChI=1S/C26H40N4O3/c1-7-9-11-12-25(32)29(17-10-8-2)19-24(31)27-23-18-22(26(3,4)5)28-30(23)20-13-15-21(33-6)16-14-20/h13-16,18H,7-12,17,19H2,1-6H3,(H,27,31). The van der Waals surface area contributed by atoms with E-state index in [4.69, 9.17) is 9.84 Å². The van der Waals surface area contributed by atoms with Crippen LogP contribution in [-0.2, 0) is 15.0 Å². The van der Waals surface area contributed by atoms with Gasteiger partial charge in [0, 0.05) is 24.4 Å². The van der Waals surface area contributed by atoms with Gasteiger partial charge in [0.05, 0.1) is 25.0 Å². The van der Waals surface area contributed by atoms with Crippen molar-refractivity contribution in [3.63, 3.8) is 0 Å². The van der Waals surface area contributed by atoms with Gasteiger partial charge in [0.15, 0.2) is 0 Å². The molecule has 2 amide bonds. The number of carbonyl (C=O) groups excluding carboxylic acids is 2. The van der Waals surface area contributed by atoms with Crippen LogP contribution in [0.2, 0.25) is 0 Å². The van der Waals surface area contributed by atoms with Crippen LogP contribution in [0.4, 0.5) is 5.82 Å². The second-order valence-electron chi connectivity index (χ2n) is 9.45. The molecule has 1 heterocycles. The summed E-state index contributed by atoms with van der Waals surface area (Å²) in [5.74, 6) is 1.17. The lowest BCUT2D eigenvalue weighted by atomic mass is 9.92. The van der Waals surface area contributed by atoms with Crippen molar-refractivity contribution in [2.45, 2.75) is 78.6 Å². The molecule has 33 heavy (non-hydrogen) atoms. The fraction of sp³-hybridized carbons (Fsp3) is 0.577. The van der Waals surface area contributed by atoms with E-state index in [1.165, 1.54) is 0 Å². The van der Waals surface area contributed by atoms with E-state index in [1.54, 1.807) is 16.7 Å². The number of amides is 2. The molecule has 7 heteroatoms. The number of benzene rings is 1. The molecule has 2 rings (SSSR count). The average Bonchev–Trinajstić information content (AvgIpc) is 3.21. The second kappa shape index (κ2) is 12.4. The molecule has 7 nitrogen and oxygen atoms in total. The molecule has 0 saturated heterocycles. The van der Waals surface area contributed by atoms with Crippen molar-refractivity contribution >= 4 is 17.6 Å². The van der Waals surface area contributed by atoms with E-state index in [1.807, 2.05) is 30.3 Å². The molecule has 1 aromatic heterocycles. The summed E-state index contributed by atoms with van der Waals surface area (Å²) in [6.07, 6.45) is 5.29. The Morgan fingerprint density at radius 2 is 1.73 bits per heavy atom. The molecule has 2 aromatic rings. The minimum Gasteiger partial charge on any atom is -0.497 e. The quantitative estimate of drug-likeness (QED) is 0.438. The number of anilines is 1. The van der Waals surface area contributed by atoms with Gasteiger partial charge in [-0.1, -0.05) is 53.9 Å². The topological polar surface area (TPSA) is 76.5 Å². The van der Waals surface area contributed by atoms with Crippen molar-refractivity contribution in [3.8, 4) is 11.4 Å². The first-order valence-corrected chi connectivity index (χ1v) is 12.0. The summed E-state index contributed by atoms with van der Waals surface area (Å²) in [6.45, 7) is 11.1. The Morgan fingerprint density at radius 3 is 2.30 bits per heavy atom. The number of nitrogens with one attached hydrogen (secondary N) is 1. The fourth-order valence-electron chi connectivity index (χ4n) is 3.44. The number of hydrogen-bond acceptors (Lipinski definition) is 4. The van der Waals surface area contributed by atoms with Gasteiger partial charge < -0.3 is 15.0 Å². The number of methoxy groups -OCH3 is 1. The predicted octanol–water partition coefficient (Wildman–Crippen LogP) is 5.33. The molecule has 0 aliphatic carbocycles. The molecule has 1 aromatic carbocycles. The Bertz CT molecular complexity index is 897. The monoisotopic (exact) mass is 456 g/mol. The van der Waals surface area contributed by atoms with Crippen LogP contribution in [0.1, 0.15) is 78.8 Å². The minimum atomic E-state index is -0.218. The van der Waals surface area contributed by atoms with Gasteiger partial charge in [-0.3, -0.25) is 9.59 Å². The summed E-state index contributed by atoms with van der Waals surface area (Å²) in [7, 11) is 1.63. The predicted molar refractivity (Wildman–Crippen MR) is 133 cm³/mol. The Kier molecular flexibility index (Phi) is 9.95. The van der Waals surface area contributed by atoms with Crippen LogP contribution >= 0.6 is 0 Å². The average molecular weight is 457 g/mol. The Morgan fingerprint density at radius 1 is 1.06 bits per heavy atom. The Hall–Kier alpha value is -2.83. The number of nitrogens with zero attached hydrogens (tertiary/aromatic N) is 3. The number of ether oxygens (including phenoxy) is 1. The maximum atomic E-state index is 13.0. The fourth-order valence-corrected chi connectivity index (χ4v) is 3.44. The van der Waals surface area contributed by atoms with Gasteiger partial charge in [-0.25, -0.2) is 4.68 Å². The Balaban J connectivity index is 2.22. The van der Waals surface area contributed by atoms with Gasteiger partial charge in [0.2, 0.25) is 11.8 Å². The summed E-state index contributed by atoms with van der Waals surface area (Å²) in [6, 6.07) is 9.43. The number of rotatable bonds is 12. The summed E-state index contributed by atoms with van der Waals surface area (Å²) >= 11 is 0. The lowest BCUT2D eigenvalue weighted by Gasteiger charge is -2.22. The van der Waals surface area contributed by atoms with Gasteiger partial charge in [-0.2, -0.15) is 5.10 Å². The third kappa shape index (κ3) is 7.91. The maximum absolute atomic E-state index is 13.0. The van der Waals surface area contributed by atoms with Crippen LogP contribution < -0.4 is 10.1 Å². The van der Waals surface area contributed by atoms with E-state index < -0.39 is 0 Å². The molecular weight excluding hydrogens is 416 g/mol. The largest absolute Gasteiger partial charge is 0.497 e. The zero-order valence-corrected chi connectivity index (χ0v) is 21.1. The summed E-state index contributed by atoms with van der Waals surface area (Å²) in [4.78, 5) is 27.4. The molecule has 0 aliphatic rings. The van der Waals surface area contributed by atoms with Crippen molar-refractivity contribution < 1.29 is 14.3 Å². The first-order chi connectivity index (χ1) is 15.7. The van der Waals surface area contributed by atoms with E-state index >= 15 is 0 Å². The highest BCUT2D eigenvalue weighted by Crippen LogP contribution is 2.27. The molecule has 1 N–H and O–H groups in total. The van der Waals surface area contributed by atoms with Gasteiger partial charge >= 0.3 is 0 Å². The third-order valence-electron chi connectivity index (χ3n) is 5.53. The third-order valence-corrected chi connectivity index (χ3v) is 5.53. The highest BCUT2D eigenvalue weighted by Gasteiger charge is 2.23. The van der Waals surface area contributed by atoms with Crippen molar-refractivity contribution in [1.82, 2.24) is 14.7 Å². The van der Waals surface area contributed by atoms with Crippen LogP contribution in [0.25, 0.3) is 5.69 Å². The van der Waals surface area contributed by atoms with Crippen LogP contribution in [0.15, 0.2) is 30.3 Å². The van der Waals surface area contributed by atoms with Crippen LogP contribution in [0, 0.1) is 0 Å². The van der Waals surface area contributed by atoms with E-state index in [9.17, 15) is 9.59 Å². The van der Waals surface area contributed by atoms with E-state index in [2.05, 4.69) is 39.9 Å². The zero-order valence-electron chi connectivity index (χ0n) is 21.1. The van der Waals surface area contributed by atoms with Crippen molar-refractivity contribution in [1.29, 1.82) is 0 Å². The number of unbranched alkanes of at least 4 members (excludes halogenated alkanes) is 3. The van der Waals surface area contributed by atoms with Crippen LogP contribution in [0.5, 0.6) is 5.75 Å². The smallest absolute Gasteiger partial charge is 0.245 e. The molecule has 0 atom stereocenters. The molecule has 0 saturated carbocycles. The maximum Gasteiger partial charge on any atom is 0.245 e. The van der Waals surface area contributed by atoms with E-state index in [0.717, 1.165) is 49.2 Å². The van der Waals surface area contributed by atoms with Crippen molar-refractivity contribution in [2.75, 3.05) is 25.5 Å². The summed E-state index contributed by atoms with van der Waals surface area (Å²) < 4.78 is 6.99. The van der Waals surface area contributed by atoms with Gasteiger partial charge in [0.25, 0.3) is 0 Å². The lowest BCUT2D eigenvalue weighted by molar-refractivity contribution is -0.134. The molecule has 0 spiro atoms. The van der Waals surface area contributed by atoms with Crippen molar-refractivity contribution in [3.05, 3.63) is 36.0 Å². The molecule has 0 radical (unpaired) electrons. The molecule has 182 valence electrons. The lowest BCUT2D eigenvalue weighted by Crippen LogP contribution is -2.38. The SMILES string of the molecule is CCCCCC(=O)N(CCCC)CC(=O)Nc1cc(C(C)(C)C)nn1-c1ccc(OC)cc1. The normalized spacial score (nSPS) is 11.3. The number of carbonyl (C=O) groups is 2. The highest BCUT2D eigenvalue weighted by molar-refractivity contribution is 5.94. The number of aromatic nitrogens is 2. The highest BCUT2D eigenvalue weighted by atomic mass is 16.5. The first kappa shape index (κ1) is 26.4. The second-order valence-corrected chi connectivity index (χ2v) is 9.45. The molecule has 0 fully saturated rings. The van der Waals surface area contributed by atoms with Gasteiger partial charge in [-0.05, 0) is 37.1 Å². The molecule has 0 bridgehead atoms. The first-order valence-electron chi connectivity index (χ1n) is 12.0. The van der Waals surface area contributed by atoms with Crippen molar-refractivity contribution in [2.24, 2.45) is 0 Å². The molecule has 0 unspecified atom stereocenters. The summed E-state index contributed by atoms with van der Waals surface area (Å²) in [5, 5.41) is 7.75. The zero-order chi connectivity index (χ0) is 24.4. The van der Waals surface area contributed by atoms with Crippen LogP contribution in [-0.4, -0.2) is 46.7 Å². The van der Waals surface area contributed by atoms with E-state index in [0.29, 0.717) is 18.8 Å². The number of hydrogen-bond donors (Lipinski definition) is 1. The van der Waals surface area contributed by atoms with Gasteiger partial charge in [0.1, 0.15) is 11.6 Å². The van der Waals surface area contributed by atoms with E-state index in [-0.39, 0.29) is 23.8 Å². The Labute approximate surface area is 198 Å². The minimum absolute atomic E-state index is 0.0452. The van der Waals surface area contributed by atoms with Gasteiger partial charge in [-0.15, -0.1) is 0 Å². The molecular formula is C26H40N4O3. The summed E-state index contributed by atoms with van der Waals surface area (Å²) in [5.41, 5.74) is 1.51. The molecule has 0 aliphatic heterocycles. The van der Waals surface area contributed by atoms with Crippen LogP contribution in [0.3, 0.4) is 0 Å².